The fourth-order valence-corrected chi connectivity index (χ4v) is 3.20. The Morgan fingerprint density at radius 1 is 1.30 bits per heavy atom. The number of aromatic nitrogens is 1. The average molecular weight is 286 g/mol. The lowest BCUT2D eigenvalue weighted by Gasteiger charge is -2.23. The Balaban J connectivity index is 1.83. The maximum Gasteiger partial charge on any atom is 0.264 e. The van der Waals surface area contributed by atoms with Gasteiger partial charge in [0.15, 0.2) is 5.78 Å². The number of carbonyl (C=O) groups excluding carboxylic acids is 2. The van der Waals surface area contributed by atoms with Gasteiger partial charge in [0.05, 0.1) is 10.9 Å². The number of Topliss-reactive ketones (excluding diaryl/α,β-unsaturated/α-hetero) is 1. The molecule has 2 aromatic rings. The summed E-state index contributed by atoms with van der Waals surface area (Å²) in [6, 6.07) is 6.80. The Morgan fingerprint density at radius 2 is 2.20 bits per heavy atom. The number of nitrogens with zero attached hydrogens (tertiary/aromatic N) is 2. The van der Waals surface area contributed by atoms with Gasteiger partial charge in [-0.2, -0.15) is 0 Å². The molecule has 1 aliphatic heterocycles. The van der Waals surface area contributed by atoms with Crippen molar-refractivity contribution < 1.29 is 9.59 Å². The van der Waals surface area contributed by atoms with E-state index >= 15 is 0 Å². The van der Waals surface area contributed by atoms with Gasteiger partial charge >= 0.3 is 0 Å². The largest absolute Gasteiger partial charge is 0.328 e. The number of ketones is 1. The van der Waals surface area contributed by atoms with E-state index in [0.29, 0.717) is 17.0 Å². The van der Waals surface area contributed by atoms with Crippen LogP contribution >= 0.6 is 11.3 Å². The van der Waals surface area contributed by atoms with E-state index in [2.05, 4.69) is 4.98 Å². The monoisotopic (exact) mass is 286 g/mol. The minimum atomic E-state index is -0.353. The standard InChI is InChI=1S/C15H14N2O2S/c18-14(11-4-1-7-16-10-11)12-5-2-8-17(12)15(19)13-6-3-9-20-13/h1,3-4,6-7,9-10,12H,2,5,8H2. The molecule has 2 aromatic heterocycles. The number of likely N-dealkylation sites (tertiary alicyclic amines) is 1. The zero-order valence-electron chi connectivity index (χ0n) is 10.9. The summed E-state index contributed by atoms with van der Waals surface area (Å²) in [5, 5.41) is 1.88. The minimum Gasteiger partial charge on any atom is -0.328 e. The molecule has 0 radical (unpaired) electrons. The molecular formula is C15H14N2O2S. The second-order valence-corrected chi connectivity index (χ2v) is 5.69. The molecule has 102 valence electrons. The molecule has 0 N–H and O–H groups in total. The van der Waals surface area contributed by atoms with Crippen LogP contribution in [0.4, 0.5) is 0 Å². The maximum atomic E-state index is 12.5. The molecule has 1 fully saturated rings. The first-order valence-corrected chi connectivity index (χ1v) is 7.44. The van der Waals surface area contributed by atoms with Crippen LogP contribution in [0.5, 0.6) is 0 Å². The van der Waals surface area contributed by atoms with Crippen LogP contribution in [0.25, 0.3) is 0 Å². The predicted molar refractivity (Wildman–Crippen MR) is 76.9 cm³/mol. The van der Waals surface area contributed by atoms with Gasteiger partial charge in [-0.1, -0.05) is 6.07 Å². The smallest absolute Gasteiger partial charge is 0.264 e. The van der Waals surface area contributed by atoms with Crippen LogP contribution in [-0.2, 0) is 0 Å². The van der Waals surface area contributed by atoms with Crippen LogP contribution < -0.4 is 0 Å². The maximum absolute atomic E-state index is 12.5. The van der Waals surface area contributed by atoms with Crippen molar-refractivity contribution in [2.24, 2.45) is 0 Å². The zero-order chi connectivity index (χ0) is 13.9. The van der Waals surface area contributed by atoms with Crippen LogP contribution in [0.3, 0.4) is 0 Å². The van der Waals surface area contributed by atoms with Gasteiger partial charge < -0.3 is 4.90 Å². The first-order valence-electron chi connectivity index (χ1n) is 6.56. The van der Waals surface area contributed by atoms with Crippen molar-refractivity contribution in [1.82, 2.24) is 9.88 Å². The first-order chi connectivity index (χ1) is 9.77. The van der Waals surface area contributed by atoms with Gasteiger partial charge in [-0.15, -0.1) is 11.3 Å². The van der Waals surface area contributed by atoms with Gasteiger partial charge in [-0.25, -0.2) is 0 Å². The SMILES string of the molecule is O=C(c1cccnc1)C1CCCN1C(=O)c1cccs1. The van der Waals surface area contributed by atoms with E-state index in [1.54, 1.807) is 35.5 Å². The molecule has 1 unspecified atom stereocenters. The van der Waals surface area contributed by atoms with Crippen LogP contribution in [0.15, 0.2) is 42.0 Å². The molecule has 3 heterocycles. The number of hydrogen-bond donors (Lipinski definition) is 0. The third kappa shape index (κ3) is 2.36. The summed E-state index contributed by atoms with van der Waals surface area (Å²) in [6.07, 6.45) is 4.80. The summed E-state index contributed by atoms with van der Waals surface area (Å²) in [4.78, 5) is 31.3. The van der Waals surface area contributed by atoms with Crippen molar-refractivity contribution in [2.75, 3.05) is 6.54 Å². The highest BCUT2D eigenvalue weighted by molar-refractivity contribution is 7.12. The van der Waals surface area contributed by atoms with Crippen LogP contribution in [0.1, 0.15) is 32.9 Å². The molecule has 5 heteroatoms. The topological polar surface area (TPSA) is 50.3 Å². The molecule has 0 bridgehead atoms. The summed E-state index contributed by atoms with van der Waals surface area (Å²) in [6.45, 7) is 0.646. The number of pyridine rings is 1. The Hall–Kier alpha value is -2.01. The molecule has 0 spiro atoms. The summed E-state index contributed by atoms with van der Waals surface area (Å²) >= 11 is 1.41. The fourth-order valence-electron chi connectivity index (χ4n) is 2.53. The van der Waals surface area contributed by atoms with E-state index in [4.69, 9.17) is 0 Å². The summed E-state index contributed by atoms with van der Waals surface area (Å²) in [7, 11) is 0. The molecule has 3 rings (SSSR count). The number of hydrogen-bond acceptors (Lipinski definition) is 4. The predicted octanol–water partition coefficient (Wildman–Crippen LogP) is 2.63. The second kappa shape index (κ2) is 5.54. The molecule has 1 saturated heterocycles. The molecule has 4 nitrogen and oxygen atoms in total. The molecule has 20 heavy (non-hydrogen) atoms. The van der Waals surface area contributed by atoms with Crippen molar-refractivity contribution in [3.63, 3.8) is 0 Å². The van der Waals surface area contributed by atoms with Gasteiger partial charge in [0.1, 0.15) is 0 Å². The molecular weight excluding hydrogens is 272 g/mol. The van der Waals surface area contributed by atoms with E-state index in [1.807, 2.05) is 11.4 Å². The lowest BCUT2D eigenvalue weighted by atomic mass is 10.0. The van der Waals surface area contributed by atoms with E-state index < -0.39 is 0 Å². The highest BCUT2D eigenvalue weighted by atomic mass is 32.1. The Bertz CT molecular complexity index is 610. The second-order valence-electron chi connectivity index (χ2n) is 4.74. The van der Waals surface area contributed by atoms with E-state index in [0.717, 1.165) is 12.8 Å². The zero-order valence-corrected chi connectivity index (χ0v) is 11.7. The molecule has 0 aliphatic carbocycles. The van der Waals surface area contributed by atoms with Crippen LogP contribution in [0, 0.1) is 0 Å². The summed E-state index contributed by atoms with van der Waals surface area (Å²) < 4.78 is 0. The number of thiophene rings is 1. The van der Waals surface area contributed by atoms with Crippen molar-refractivity contribution in [3.05, 3.63) is 52.5 Å². The highest BCUT2D eigenvalue weighted by Crippen LogP contribution is 2.24. The fraction of sp³-hybridized carbons (Fsp3) is 0.267. The van der Waals surface area contributed by atoms with Gasteiger partial charge in [0, 0.05) is 24.5 Å². The van der Waals surface area contributed by atoms with Crippen LogP contribution in [-0.4, -0.2) is 34.2 Å². The third-order valence-electron chi connectivity index (χ3n) is 3.49. The van der Waals surface area contributed by atoms with Gasteiger partial charge in [-0.05, 0) is 36.4 Å². The van der Waals surface area contributed by atoms with E-state index in [9.17, 15) is 9.59 Å². The van der Waals surface area contributed by atoms with Crippen molar-refractivity contribution >= 4 is 23.0 Å². The summed E-state index contributed by atoms with van der Waals surface area (Å²) in [5.41, 5.74) is 0.573. The Morgan fingerprint density at radius 3 is 2.90 bits per heavy atom. The Kier molecular flexibility index (Phi) is 3.60. The minimum absolute atomic E-state index is 0.0134. The Labute approximate surface area is 121 Å². The average Bonchev–Trinajstić information content (AvgIpc) is 3.18. The molecule has 0 saturated carbocycles. The van der Waals surface area contributed by atoms with Gasteiger partial charge in [0.2, 0.25) is 0 Å². The molecule has 1 aliphatic rings. The first kappa shape index (κ1) is 13.0. The normalized spacial score (nSPS) is 18.2. The highest BCUT2D eigenvalue weighted by Gasteiger charge is 2.35. The van der Waals surface area contributed by atoms with E-state index in [1.165, 1.54) is 11.3 Å². The quantitative estimate of drug-likeness (QED) is 0.815. The van der Waals surface area contributed by atoms with Crippen molar-refractivity contribution in [3.8, 4) is 0 Å². The lowest BCUT2D eigenvalue weighted by Crippen LogP contribution is -2.40. The van der Waals surface area contributed by atoms with E-state index in [-0.39, 0.29) is 17.7 Å². The number of rotatable bonds is 3. The molecule has 1 amide bonds. The molecule has 1 atom stereocenters. The lowest BCUT2D eigenvalue weighted by molar-refractivity contribution is 0.0675. The summed E-state index contributed by atoms with van der Waals surface area (Å²) in [5.74, 6) is -0.0553. The van der Waals surface area contributed by atoms with Crippen LogP contribution in [0.2, 0.25) is 0 Å². The van der Waals surface area contributed by atoms with Crippen molar-refractivity contribution in [1.29, 1.82) is 0 Å². The number of carbonyl (C=O) groups is 2. The van der Waals surface area contributed by atoms with Gasteiger partial charge in [-0.3, -0.25) is 14.6 Å². The van der Waals surface area contributed by atoms with Gasteiger partial charge in [0.25, 0.3) is 5.91 Å². The number of amides is 1. The third-order valence-corrected chi connectivity index (χ3v) is 4.35. The molecule has 0 aromatic carbocycles. The van der Waals surface area contributed by atoms with Crippen molar-refractivity contribution in [2.45, 2.75) is 18.9 Å².